The van der Waals surface area contributed by atoms with Crippen LogP contribution in [0.25, 0.3) is 16.2 Å². The third kappa shape index (κ3) is 1.60. The maximum Gasteiger partial charge on any atom is 0.194 e. The molecule has 0 bridgehead atoms. The van der Waals surface area contributed by atoms with E-state index < -0.39 is 0 Å². The minimum absolute atomic E-state index is 0.567. The zero-order valence-electron chi connectivity index (χ0n) is 9.66. The molecule has 1 aromatic carbocycles. The highest BCUT2D eigenvalue weighted by Gasteiger charge is 2.11. The molecule has 90 valence electrons. The van der Waals surface area contributed by atoms with Crippen molar-refractivity contribution in [2.24, 2.45) is 0 Å². The Bertz CT molecular complexity index is 697. The molecule has 0 spiro atoms. The van der Waals surface area contributed by atoms with Crippen LogP contribution in [0.5, 0.6) is 5.75 Å². The Morgan fingerprint density at radius 3 is 2.78 bits per heavy atom. The average molecular weight is 258 g/mol. The normalized spacial score (nSPS) is 10.7. The van der Waals surface area contributed by atoms with Crippen LogP contribution in [-0.2, 0) is 0 Å². The molecular formula is C13H10N2O2S. The molecule has 0 radical (unpaired) electrons. The highest BCUT2D eigenvalue weighted by molar-refractivity contribution is 7.15. The van der Waals surface area contributed by atoms with Gasteiger partial charge in [-0.1, -0.05) is 0 Å². The Hall–Kier alpha value is -2.14. The summed E-state index contributed by atoms with van der Waals surface area (Å²) in [4.78, 5) is 16.0. The smallest absolute Gasteiger partial charge is 0.194 e. The number of benzene rings is 1. The van der Waals surface area contributed by atoms with Gasteiger partial charge in [0.25, 0.3) is 0 Å². The molecular weight excluding hydrogens is 248 g/mol. The molecule has 0 aliphatic heterocycles. The molecule has 2 aromatic heterocycles. The highest BCUT2D eigenvalue weighted by Crippen LogP contribution is 2.28. The minimum atomic E-state index is 0.567. The fourth-order valence-electron chi connectivity index (χ4n) is 1.88. The van der Waals surface area contributed by atoms with Gasteiger partial charge in [0.2, 0.25) is 0 Å². The van der Waals surface area contributed by atoms with Gasteiger partial charge >= 0.3 is 0 Å². The van der Waals surface area contributed by atoms with E-state index in [2.05, 4.69) is 4.98 Å². The number of carbonyl (C=O) groups is 1. The lowest BCUT2D eigenvalue weighted by Crippen LogP contribution is -1.91. The van der Waals surface area contributed by atoms with E-state index in [0.717, 1.165) is 28.3 Å². The van der Waals surface area contributed by atoms with Gasteiger partial charge in [0.15, 0.2) is 11.2 Å². The molecule has 0 amide bonds. The molecule has 18 heavy (non-hydrogen) atoms. The van der Waals surface area contributed by atoms with Gasteiger partial charge in [0, 0.05) is 5.38 Å². The van der Waals surface area contributed by atoms with Gasteiger partial charge in [-0.25, -0.2) is 4.98 Å². The summed E-state index contributed by atoms with van der Waals surface area (Å²) in [6, 6.07) is 7.73. The molecule has 3 aromatic rings. The number of methoxy groups -OCH3 is 1. The number of fused-ring (bicyclic) bond motifs is 1. The molecule has 0 aliphatic carbocycles. The van der Waals surface area contributed by atoms with Crippen LogP contribution in [-0.4, -0.2) is 22.8 Å². The van der Waals surface area contributed by atoms with Crippen molar-refractivity contribution in [2.45, 2.75) is 0 Å². The quantitative estimate of drug-likeness (QED) is 0.678. The van der Waals surface area contributed by atoms with E-state index in [1.165, 1.54) is 11.3 Å². The van der Waals surface area contributed by atoms with E-state index in [1.54, 1.807) is 13.3 Å². The molecule has 3 rings (SSSR count). The van der Waals surface area contributed by atoms with Gasteiger partial charge in [-0.3, -0.25) is 9.20 Å². The summed E-state index contributed by atoms with van der Waals surface area (Å²) in [6.45, 7) is 0. The van der Waals surface area contributed by atoms with Crippen molar-refractivity contribution in [1.29, 1.82) is 0 Å². The number of hydrogen-bond donors (Lipinski definition) is 0. The summed E-state index contributed by atoms with van der Waals surface area (Å²) < 4.78 is 6.99. The van der Waals surface area contributed by atoms with Crippen molar-refractivity contribution < 1.29 is 9.53 Å². The second kappa shape index (κ2) is 4.27. The van der Waals surface area contributed by atoms with Gasteiger partial charge < -0.3 is 4.74 Å². The Kier molecular flexibility index (Phi) is 2.60. The highest BCUT2D eigenvalue weighted by atomic mass is 32.1. The predicted octanol–water partition coefficient (Wildman–Crippen LogP) is 2.88. The van der Waals surface area contributed by atoms with Crippen molar-refractivity contribution in [3.05, 3.63) is 41.5 Å². The number of imidazole rings is 1. The number of aromatic nitrogens is 2. The molecule has 0 fully saturated rings. The van der Waals surface area contributed by atoms with Gasteiger partial charge in [0.05, 0.1) is 19.0 Å². The summed E-state index contributed by atoms with van der Waals surface area (Å²) in [5.74, 6) is 0.812. The second-order valence-electron chi connectivity index (χ2n) is 3.77. The lowest BCUT2D eigenvalue weighted by molar-refractivity contribution is 0.111. The first-order chi connectivity index (χ1) is 8.83. The predicted molar refractivity (Wildman–Crippen MR) is 70.4 cm³/mol. The maximum atomic E-state index is 11.0. The SMILES string of the molecule is COc1ccc(-c2csc3ncc(C=O)n23)cc1. The van der Waals surface area contributed by atoms with Crippen LogP contribution in [0, 0.1) is 0 Å². The van der Waals surface area contributed by atoms with Gasteiger partial charge in [0.1, 0.15) is 11.4 Å². The van der Waals surface area contributed by atoms with Crippen molar-refractivity contribution in [3.63, 3.8) is 0 Å². The zero-order chi connectivity index (χ0) is 12.5. The zero-order valence-corrected chi connectivity index (χ0v) is 10.5. The van der Waals surface area contributed by atoms with Crippen LogP contribution >= 0.6 is 11.3 Å². The van der Waals surface area contributed by atoms with Crippen LogP contribution in [0.1, 0.15) is 10.5 Å². The molecule has 0 saturated carbocycles. The van der Waals surface area contributed by atoms with E-state index in [4.69, 9.17) is 4.74 Å². The molecule has 0 N–H and O–H groups in total. The molecule has 5 heteroatoms. The number of ether oxygens (including phenoxy) is 1. The summed E-state index contributed by atoms with van der Waals surface area (Å²) in [5, 5.41) is 2.00. The fraction of sp³-hybridized carbons (Fsp3) is 0.0769. The van der Waals surface area contributed by atoms with Crippen LogP contribution in [0.4, 0.5) is 0 Å². The Labute approximate surface area is 107 Å². The fourth-order valence-corrected chi connectivity index (χ4v) is 2.76. The van der Waals surface area contributed by atoms with Crippen LogP contribution < -0.4 is 4.74 Å². The Morgan fingerprint density at radius 1 is 1.33 bits per heavy atom. The summed E-state index contributed by atoms with van der Waals surface area (Å²) >= 11 is 1.52. The van der Waals surface area contributed by atoms with Crippen molar-refractivity contribution >= 4 is 22.6 Å². The molecule has 0 aliphatic rings. The van der Waals surface area contributed by atoms with Gasteiger partial charge in [-0.05, 0) is 29.8 Å². The lowest BCUT2D eigenvalue weighted by atomic mass is 10.1. The van der Waals surface area contributed by atoms with Crippen LogP contribution in [0.15, 0.2) is 35.8 Å². The molecule has 0 unspecified atom stereocenters. The van der Waals surface area contributed by atoms with Crippen LogP contribution in [0.2, 0.25) is 0 Å². The van der Waals surface area contributed by atoms with E-state index in [-0.39, 0.29) is 0 Å². The first kappa shape index (κ1) is 11.0. The first-order valence-corrected chi connectivity index (χ1v) is 6.26. The summed E-state index contributed by atoms with van der Waals surface area (Å²) in [6.07, 6.45) is 2.41. The van der Waals surface area contributed by atoms with E-state index in [1.807, 2.05) is 34.0 Å². The number of hydrogen-bond acceptors (Lipinski definition) is 4. The number of nitrogens with zero attached hydrogens (tertiary/aromatic N) is 2. The van der Waals surface area contributed by atoms with Crippen LogP contribution in [0.3, 0.4) is 0 Å². The van der Waals surface area contributed by atoms with E-state index in [0.29, 0.717) is 5.69 Å². The number of aldehydes is 1. The summed E-state index contributed by atoms with van der Waals surface area (Å²) in [7, 11) is 1.64. The topological polar surface area (TPSA) is 43.6 Å². The maximum absolute atomic E-state index is 11.0. The number of thiazole rings is 1. The molecule has 2 heterocycles. The van der Waals surface area contributed by atoms with Gasteiger partial charge in [-0.15, -0.1) is 11.3 Å². The summed E-state index contributed by atoms with van der Waals surface area (Å²) in [5.41, 5.74) is 2.57. The standard InChI is InChI=1S/C13H10N2O2S/c1-17-11-4-2-9(3-5-11)12-8-18-13-14-6-10(7-16)15(12)13/h2-8H,1H3. The minimum Gasteiger partial charge on any atom is -0.497 e. The first-order valence-electron chi connectivity index (χ1n) is 5.38. The Morgan fingerprint density at radius 2 is 2.11 bits per heavy atom. The Balaban J connectivity index is 2.17. The number of carbonyl (C=O) groups excluding carboxylic acids is 1. The van der Waals surface area contributed by atoms with Crippen molar-refractivity contribution in [1.82, 2.24) is 9.38 Å². The third-order valence-corrected chi connectivity index (χ3v) is 3.62. The number of rotatable bonds is 3. The molecule has 0 saturated heterocycles. The molecule has 0 atom stereocenters. The molecule has 4 nitrogen and oxygen atoms in total. The average Bonchev–Trinajstić information content (AvgIpc) is 3.00. The van der Waals surface area contributed by atoms with Gasteiger partial charge in [-0.2, -0.15) is 0 Å². The van der Waals surface area contributed by atoms with Crippen molar-refractivity contribution in [3.8, 4) is 17.0 Å². The second-order valence-corrected chi connectivity index (χ2v) is 4.60. The van der Waals surface area contributed by atoms with Crippen molar-refractivity contribution in [2.75, 3.05) is 7.11 Å². The monoisotopic (exact) mass is 258 g/mol. The van der Waals surface area contributed by atoms with E-state index in [9.17, 15) is 4.79 Å². The largest absolute Gasteiger partial charge is 0.497 e. The lowest BCUT2D eigenvalue weighted by Gasteiger charge is -2.03. The van der Waals surface area contributed by atoms with E-state index >= 15 is 0 Å². The third-order valence-electron chi connectivity index (χ3n) is 2.78.